The Labute approximate surface area is 151 Å². The quantitative estimate of drug-likeness (QED) is 0.836. The lowest BCUT2D eigenvalue weighted by molar-refractivity contribution is -0.138. The SMILES string of the molecule is CC(=O)c1cccc(OC(C)C(=O)N2CC(C(=O)O)c3ccccc32)c1. The average molecular weight is 353 g/mol. The van der Waals surface area contributed by atoms with Crippen molar-refractivity contribution in [3.05, 3.63) is 59.7 Å². The second kappa shape index (κ2) is 7.00. The third kappa shape index (κ3) is 3.31. The zero-order valence-corrected chi connectivity index (χ0v) is 14.5. The van der Waals surface area contributed by atoms with Crippen LogP contribution in [0.1, 0.15) is 35.7 Å². The number of ketones is 1. The molecule has 2 atom stereocenters. The zero-order chi connectivity index (χ0) is 18.8. The van der Waals surface area contributed by atoms with Gasteiger partial charge in [0.25, 0.3) is 5.91 Å². The molecular formula is C20H19NO5. The Morgan fingerprint density at radius 1 is 1.15 bits per heavy atom. The van der Waals surface area contributed by atoms with Gasteiger partial charge in [-0.3, -0.25) is 14.4 Å². The molecule has 0 spiro atoms. The number of aliphatic carboxylic acids is 1. The number of carbonyl (C=O) groups is 3. The first kappa shape index (κ1) is 17.7. The maximum absolute atomic E-state index is 12.8. The van der Waals surface area contributed by atoms with Crippen LogP contribution in [0.15, 0.2) is 48.5 Å². The fourth-order valence-corrected chi connectivity index (χ4v) is 3.09. The number of anilines is 1. The summed E-state index contributed by atoms with van der Waals surface area (Å²) in [6, 6.07) is 13.6. The fourth-order valence-electron chi connectivity index (χ4n) is 3.09. The molecule has 6 nitrogen and oxygen atoms in total. The van der Waals surface area contributed by atoms with E-state index in [0.29, 0.717) is 22.6 Å². The summed E-state index contributed by atoms with van der Waals surface area (Å²) >= 11 is 0. The molecule has 1 aliphatic rings. The first-order valence-corrected chi connectivity index (χ1v) is 8.29. The Kier molecular flexibility index (Phi) is 4.75. The molecule has 0 aromatic heterocycles. The number of benzene rings is 2. The summed E-state index contributed by atoms with van der Waals surface area (Å²) < 4.78 is 5.70. The predicted octanol–water partition coefficient (Wildman–Crippen LogP) is 2.87. The molecule has 134 valence electrons. The average Bonchev–Trinajstić information content (AvgIpc) is 3.01. The standard InChI is InChI=1S/C20H19NO5/c1-12(22)14-6-5-7-15(10-14)26-13(2)19(23)21-11-17(20(24)25)16-8-3-4-9-18(16)21/h3-10,13,17H,11H2,1-2H3,(H,24,25). The number of nitrogens with zero attached hydrogens (tertiary/aromatic N) is 1. The van der Waals surface area contributed by atoms with Crippen LogP contribution in [0.2, 0.25) is 0 Å². The number of rotatable bonds is 5. The number of fused-ring (bicyclic) bond motifs is 1. The van der Waals surface area contributed by atoms with Crippen molar-refractivity contribution in [3.63, 3.8) is 0 Å². The molecule has 3 rings (SSSR count). The van der Waals surface area contributed by atoms with Crippen LogP contribution in [-0.2, 0) is 9.59 Å². The van der Waals surface area contributed by atoms with Gasteiger partial charge in [0, 0.05) is 17.8 Å². The van der Waals surface area contributed by atoms with Crippen LogP contribution in [0.4, 0.5) is 5.69 Å². The molecule has 0 aliphatic carbocycles. The van der Waals surface area contributed by atoms with E-state index in [2.05, 4.69) is 0 Å². The van der Waals surface area contributed by atoms with Crippen molar-refractivity contribution in [3.8, 4) is 5.75 Å². The molecule has 1 aliphatic heterocycles. The minimum absolute atomic E-state index is 0.0781. The number of hydrogen-bond donors (Lipinski definition) is 1. The Morgan fingerprint density at radius 3 is 2.58 bits per heavy atom. The molecule has 26 heavy (non-hydrogen) atoms. The van der Waals surface area contributed by atoms with Crippen molar-refractivity contribution in [1.29, 1.82) is 0 Å². The maximum atomic E-state index is 12.8. The van der Waals surface area contributed by atoms with E-state index < -0.39 is 18.0 Å². The zero-order valence-electron chi connectivity index (χ0n) is 14.5. The van der Waals surface area contributed by atoms with E-state index in [1.165, 1.54) is 11.8 Å². The molecule has 0 radical (unpaired) electrons. The number of Topliss-reactive ketones (excluding diaryl/α,β-unsaturated/α-hetero) is 1. The Balaban J connectivity index is 1.80. The molecule has 2 unspecified atom stereocenters. The van der Waals surface area contributed by atoms with Gasteiger partial charge in [-0.15, -0.1) is 0 Å². The lowest BCUT2D eigenvalue weighted by Crippen LogP contribution is -2.40. The van der Waals surface area contributed by atoms with Gasteiger partial charge in [-0.1, -0.05) is 30.3 Å². The predicted molar refractivity (Wildman–Crippen MR) is 95.7 cm³/mol. The van der Waals surface area contributed by atoms with Crippen molar-refractivity contribution < 1.29 is 24.2 Å². The monoisotopic (exact) mass is 353 g/mol. The van der Waals surface area contributed by atoms with Crippen LogP contribution in [0.3, 0.4) is 0 Å². The molecule has 2 aromatic carbocycles. The molecule has 0 saturated heterocycles. The lowest BCUT2D eigenvalue weighted by Gasteiger charge is -2.22. The van der Waals surface area contributed by atoms with E-state index in [0.717, 1.165) is 0 Å². The summed E-state index contributed by atoms with van der Waals surface area (Å²) in [6.45, 7) is 3.15. The number of hydrogen-bond acceptors (Lipinski definition) is 4. The Hall–Kier alpha value is -3.15. The highest BCUT2D eigenvalue weighted by Crippen LogP contribution is 2.36. The van der Waals surface area contributed by atoms with E-state index in [-0.39, 0.29) is 18.2 Å². The molecule has 0 saturated carbocycles. The van der Waals surface area contributed by atoms with Gasteiger partial charge in [-0.25, -0.2) is 0 Å². The number of para-hydroxylation sites is 1. The van der Waals surface area contributed by atoms with E-state index in [1.807, 2.05) is 0 Å². The molecule has 0 bridgehead atoms. The van der Waals surface area contributed by atoms with Crippen molar-refractivity contribution in [2.75, 3.05) is 11.4 Å². The molecule has 1 amide bonds. The van der Waals surface area contributed by atoms with Crippen LogP contribution in [0.5, 0.6) is 5.75 Å². The second-order valence-electron chi connectivity index (χ2n) is 6.24. The third-order valence-electron chi connectivity index (χ3n) is 4.43. The van der Waals surface area contributed by atoms with E-state index in [4.69, 9.17) is 4.74 Å². The summed E-state index contributed by atoms with van der Waals surface area (Å²) in [4.78, 5) is 37.3. The summed E-state index contributed by atoms with van der Waals surface area (Å²) in [5, 5.41) is 9.41. The van der Waals surface area contributed by atoms with Crippen LogP contribution in [0.25, 0.3) is 0 Å². The summed E-state index contributed by atoms with van der Waals surface area (Å²) in [7, 11) is 0. The highest BCUT2D eigenvalue weighted by molar-refractivity contribution is 6.01. The number of amides is 1. The summed E-state index contributed by atoms with van der Waals surface area (Å²) in [5.74, 6) is -1.71. The second-order valence-corrected chi connectivity index (χ2v) is 6.24. The van der Waals surface area contributed by atoms with Crippen molar-refractivity contribution >= 4 is 23.3 Å². The largest absolute Gasteiger partial charge is 0.481 e. The third-order valence-corrected chi connectivity index (χ3v) is 4.43. The van der Waals surface area contributed by atoms with Crippen LogP contribution in [0, 0.1) is 0 Å². The smallest absolute Gasteiger partial charge is 0.312 e. The van der Waals surface area contributed by atoms with Gasteiger partial charge < -0.3 is 14.7 Å². The van der Waals surface area contributed by atoms with Gasteiger partial charge >= 0.3 is 5.97 Å². The van der Waals surface area contributed by atoms with Gasteiger partial charge in [0.2, 0.25) is 0 Å². The van der Waals surface area contributed by atoms with Crippen LogP contribution >= 0.6 is 0 Å². The first-order valence-electron chi connectivity index (χ1n) is 8.29. The lowest BCUT2D eigenvalue weighted by atomic mass is 10.0. The number of carboxylic acid groups (broad SMARTS) is 1. The van der Waals surface area contributed by atoms with Gasteiger partial charge in [0.05, 0.1) is 0 Å². The van der Waals surface area contributed by atoms with Crippen LogP contribution < -0.4 is 9.64 Å². The number of carbonyl (C=O) groups excluding carboxylic acids is 2. The first-order chi connectivity index (χ1) is 12.4. The van der Waals surface area contributed by atoms with Crippen molar-refractivity contribution in [2.45, 2.75) is 25.9 Å². The topological polar surface area (TPSA) is 83.9 Å². The van der Waals surface area contributed by atoms with E-state index >= 15 is 0 Å². The highest BCUT2D eigenvalue weighted by Gasteiger charge is 2.38. The van der Waals surface area contributed by atoms with Gasteiger partial charge in [0.15, 0.2) is 11.9 Å². The van der Waals surface area contributed by atoms with E-state index in [1.54, 1.807) is 55.5 Å². The maximum Gasteiger partial charge on any atom is 0.312 e. The summed E-state index contributed by atoms with van der Waals surface area (Å²) in [6.07, 6.45) is -0.821. The molecule has 6 heteroatoms. The summed E-state index contributed by atoms with van der Waals surface area (Å²) in [5.41, 5.74) is 1.72. The molecule has 2 aromatic rings. The molecule has 1 N–H and O–H groups in total. The van der Waals surface area contributed by atoms with Gasteiger partial charge in [0.1, 0.15) is 11.7 Å². The van der Waals surface area contributed by atoms with Gasteiger partial charge in [-0.05, 0) is 37.6 Å². The number of ether oxygens (including phenoxy) is 1. The number of carboxylic acids is 1. The minimum atomic E-state index is -0.963. The normalized spacial score (nSPS) is 16.7. The molecule has 0 fully saturated rings. The van der Waals surface area contributed by atoms with Gasteiger partial charge in [-0.2, -0.15) is 0 Å². The van der Waals surface area contributed by atoms with E-state index in [9.17, 15) is 19.5 Å². The minimum Gasteiger partial charge on any atom is -0.481 e. The Morgan fingerprint density at radius 2 is 1.88 bits per heavy atom. The molecule has 1 heterocycles. The Bertz CT molecular complexity index is 876. The van der Waals surface area contributed by atoms with Crippen molar-refractivity contribution in [2.24, 2.45) is 0 Å². The van der Waals surface area contributed by atoms with Crippen LogP contribution in [-0.4, -0.2) is 35.4 Å². The highest BCUT2D eigenvalue weighted by atomic mass is 16.5. The fraction of sp³-hybridized carbons (Fsp3) is 0.250. The van der Waals surface area contributed by atoms with Crippen molar-refractivity contribution in [1.82, 2.24) is 0 Å². The molecular weight excluding hydrogens is 334 g/mol.